The van der Waals surface area contributed by atoms with Crippen LogP contribution in [0.2, 0.25) is 0 Å². The van der Waals surface area contributed by atoms with E-state index in [1.807, 2.05) is 0 Å². The molecule has 26 heavy (non-hydrogen) atoms. The minimum absolute atomic E-state index is 0.0749. The molecule has 6 heteroatoms. The summed E-state index contributed by atoms with van der Waals surface area (Å²) in [6.07, 6.45) is 11.8. The molecule has 2 aromatic heterocycles. The highest BCUT2D eigenvalue weighted by atomic mass is 32.1. The number of amides is 1. The first-order valence-corrected chi connectivity index (χ1v) is 10.8. The van der Waals surface area contributed by atoms with Crippen LogP contribution in [0.15, 0.2) is 11.0 Å². The van der Waals surface area contributed by atoms with Crippen molar-refractivity contribution < 1.29 is 4.79 Å². The molecule has 1 N–H and O–H groups in total. The Morgan fingerprint density at radius 3 is 2.54 bits per heavy atom. The van der Waals surface area contributed by atoms with Gasteiger partial charge in [-0.05, 0) is 75.5 Å². The number of thiazole rings is 1. The molecule has 2 aromatic rings. The third-order valence-corrected chi connectivity index (χ3v) is 8.37. The van der Waals surface area contributed by atoms with Crippen molar-refractivity contribution in [2.45, 2.75) is 63.3 Å². The van der Waals surface area contributed by atoms with Gasteiger partial charge in [-0.3, -0.25) is 14.0 Å². The van der Waals surface area contributed by atoms with Gasteiger partial charge in [-0.25, -0.2) is 4.98 Å². The quantitative estimate of drug-likeness (QED) is 0.885. The maximum atomic E-state index is 13.1. The van der Waals surface area contributed by atoms with E-state index in [4.69, 9.17) is 0 Å². The van der Waals surface area contributed by atoms with Gasteiger partial charge >= 0.3 is 0 Å². The van der Waals surface area contributed by atoms with Crippen molar-refractivity contribution in [3.8, 4) is 0 Å². The van der Waals surface area contributed by atoms with Crippen LogP contribution in [0.5, 0.6) is 0 Å². The Morgan fingerprint density at radius 1 is 1.15 bits per heavy atom. The standard InChI is InChI=1S/C20H23N3O2S/c24-17(22-20-7-11-4-12(8-20)6-13(5-11)9-20)14-10-21-19-23(18(14)25)15-2-1-3-16(15)26-19/h10-13H,1-9H2,(H,22,24). The number of rotatable bonds is 2. The van der Waals surface area contributed by atoms with E-state index in [9.17, 15) is 9.59 Å². The topological polar surface area (TPSA) is 63.5 Å². The van der Waals surface area contributed by atoms with Crippen molar-refractivity contribution in [2.24, 2.45) is 17.8 Å². The smallest absolute Gasteiger partial charge is 0.271 e. The Morgan fingerprint density at radius 2 is 1.85 bits per heavy atom. The molecule has 1 amide bonds. The van der Waals surface area contributed by atoms with E-state index in [-0.39, 0.29) is 22.6 Å². The first kappa shape index (κ1) is 15.4. The Hall–Kier alpha value is -1.69. The molecule has 0 aliphatic heterocycles. The average Bonchev–Trinajstić information content (AvgIpc) is 3.13. The lowest BCUT2D eigenvalue weighted by Gasteiger charge is -2.56. The Labute approximate surface area is 155 Å². The fourth-order valence-corrected chi connectivity index (χ4v) is 7.80. The van der Waals surface area contributed by atoms with Crippen LogP contribution in [0.25, 0.3) is 4.96 Å². The maximum absolute atomic E-state index is 13.1. The van der Waals surface area contributed by atoms with E-state index >= 15 is 0 Å². The molecular formula is C20H23N3O2S. The van der Waals surface area contributed by atoms with Crippen molar-refractivity contribution >= 4 is 22.2 Å². The molecule has 4 bridgehead atoms. The van der Waals surface area contributed by atoms with Crippen molar-refractivity contribution in [1.29, 1.82) is 0 Å². The SMILES string of the molecule is O=C(NC12CC3CC(CC(C3)C1)C2)c1cnc2sc3c(n2c1=O)CCC3. The van der Waals surface area contributed by atoms with Crippen LogP contribution in [-0.4, -0.2) is 20.8 Å². The Bertz CT molecular complexity index is 954. The van der Waals surface area contributed by atoms with Crippen molar-refractivity contribution in [3.05, 3.63) is 32.7 Å². The predicted molar refractivity (Wildman–Crippen MR) is 99.7 cm³/mol. The molecule has 0 spiro atoms. The zero-order chi connectivity index (χ0) is 17.5. The van der Waals surface area contributed by atoms with Gasteiger partial charge < -0.3 is 5.32 Å². The van der Waals surface area contributed by atoms with Gasteiger partial charge in [0.1, 0.15) is 5.56 Å². The summed E-state index contributed by atoms with van der Waals surface area (Å²) in [6.45, 7) is 0. The van der Waals surface area contributed by atoms with E-state index in [1.54, 1.807) is 15.7 Å². The Balaban J connectivity index is 1.36. The number of carbonyl (C=O) groups is 1. The average molecular weight is 369 g/mol. The number of hydrogen-bond acceptors (Lipinski definition) is 4. The van der Waals surface area contributed by atoms with Gasteiger partial charge in [0.05, 0.1) is 0 Å². The number of carbonyl (C=O) groups excluding carboxylic acids is 1. The molecule has 5 nitrogen and oxygen atoms in total. The third kappa shape index (κ3) is 2.11. The second kappa shape index (κ2) is 5.18. The van der Waals surface area contributed by atoms with Gasteiger partial charge in [0.25, 0.3) is 11.5 Å². The second-order valence-corrected chi connectivity index (χ2v) is 10.1. The maximum Gasteiger partial charge on any atom is 0.271 e. The number of aryl methyl sites for hydroxylation is 2. The number of fused-ring (bicyclic) bond motifs is 3. The lowest BCUT2D eigenvalue weighted by atomic mass is 9.53. The molecule has 0 aromatic carbocycles. The molecule has 0 radical (unpaired) electrons. The third-order valence-electron chi connectivity index (χ3n) is 7.21. The molecule has 5 aliphatic rings. The molecule has 0 atom stereocenters. The largest absolute Gasteiger partial charge is 0.346 e. The van der Waals surface area contributed by atoms with Crippen LogP contribution in [0, 0.1) is 17.8 Å². The molecule has 136 valence electrons. The zero-order valence-corrected chi connectivity index (χ0v) is 15.6. The number of nitrogens with one attached hydrogen (secondary N) is 1. The van der Waals surface area contributed by atoms with Gasteiger partial charge in [-0.1, -0.05) is 0 Å². The van der Waals surface area contributed by atoms with Crippen LogP contribution in [-0.2, 0) is 12.8 Å². The van der Waals surface area contributed by atoms with Crippen LogP contribution < -0.4 is 10.9 Å². The van der Waals surface area contributed by atoms with Gasteiger partial charge in [-0.15, -0.1) is 11.3 Å². The van der Waals surface area contributed by atoms with Gasteiger partial charge in [0.2, 0.25) is 0 Å². The van der Waals surface area contributed by atoms with Crippen molar-refractivity contribution in [3.63, 3.8) is 0 Å². The van der Waals surface area contributed by atoms with Gasteiger partial charge in [0.15, 0.2) is 4.96 Å². The van der Waals surface area contributed by atoms with Gasteiger partial charge in [-0.2, -0.15) is 0 Å². The lowest BCUT2D eigenvalue weighted by Crippen LogP contribution is -2.60. The van der Waals surface area contributed by atoms with E-state index in [2.05, 4.69) is 10.3 Å². The highest BCUT2D eigenvalue weighted by Gasteiger charge is 2.51. The molecule has 0 saturated heterocycles. The van der Waals surface area contributed by atoms with Gasteiger partial charge in [0, 0.05) is 22.3 Å². The first-order valence-electron chi connectivity index (χ1n) is 9.95. The minimum Gasteiger partial charge on any atom is -0.346 e. The zero-order valence-electron chi connectivity index (χ0n) is 14.8. The molecule has 0 unspecified atom stereocenters. The summed E-state index contributed by atoms with van der Waals surface area (Å²) in [5.74, 6) is 2.09. The highest BCUT2D eigenvalue weighted by molar-refractivity contribution is 7.17. The summed E-state index contributed by atoms with van der Waals surface area (Å²) in [4.78, 5) is 32.5. The monoisotopic (exact) mass is 369 g/mol. The van der Waals surface area contributed by atoms with E-state index in [1.165, 1.54) is 30.3 Å². The van der Waals surface area contributed by atoms with Crippen LogP contribution >= 0.6 is 11.3 Å². The van der Waals surface area contributed by atoms with Crippen LogP contribution in [0.1, 0.15) is 65.9 Å². The lowest BCUT2D eigenvalue weighted by molar-refractivity contribution is -0.0167. The predicted octanol–water partition coefficient (Wildman–Crippen LogP) is 2.94. The highest BCUT2D eigenvalue weighted by Crippen LogP contribution is 2.55. The molecule has 7 rings (SSSR count). The molecule has 2 heterocycles. The van der Waals surface area contributed by atoms with Crippen LogP contribution in [0.3, 0.4) is 0 Å². The van der Waals surface area contributed by atoms with Crippen LogP contribution in [0.4, 0.5) is 0 Å². The molecule has 4 saturated carbocycles. The summed E-state index contributed by atoms with van der Waals surface area (Å²) in [7, 11) is 0. The number of nitrogens with zero attached hydrogens (tertiary/aromatic N) is 2. The number of aromatic nitrogens is 2. The fraction of sp³-hybridized carbons (Fsp3) is 0.650. The Kier molecular flexibility index (Phi) is 3.07. The summed E-state index contributed by atoms with van der Waals surface area (Å²) in [5.41, 5.74) is 1.03. The normalized spacial score (nSPS) is 34.4. The fourth-order valence-electron chi connectivity index (χ4n) is 6.63. The number of hydrogen-bond donors (Lipinski definition) is 1. The summed E-state index contributed by atoms with van der Waals surface area (Å²) >= 11 is 1.60. The summed E-state index contributed by atoms with van der Waals surface area (Å²) < 4.78 is 1.70. The molecular weight excluding hydrogens is 346 g/mol. The molecule has 4 fully saturated rings. The molecule has 5 aliphatic carbocycles. The summed E-state index contributed by atoms with van der Waals surface area (Å²) in [6, 6.07) is 0. The summed E-state index contributed by atoms with van der Waals surface area (Å²) in [5, 5.41) is 3.32. The van der Waals surface area contributed by atoms with Crippen molar-refractivity contribution in [1.82, 2.24) is 14.7 Å². The second-order valence-electron chi connectivity index (χ2n) is 9.07. The first-order chi connectivity index (χ1) is 12.6. The van der Waals surface area contributed by atoms with E-state index < -0.39 is 0 Å². The van der Waals surface area contributed by atoms with Crippen molar-refractivity contribution in [2.75, 3.05) is 0 Å². The minimum atomic E-state index is -0.211. The van der Waals surface area contributed by atoms with E-state index in [0.29, 0.717) is 0 Å². The van der Waals surface area contributed by atoms with E-state index in [0.717, 1.165) is 66.9 Å².